The number of pyridine rings is 1. The maximum atomic E-state index is 11.1. The molecule has 1 aromatic carbocycles. The van der Waals surface area contributed by atoms with Crippen LogP contribution in [0.5, 0.6) is 0 Å². The molecule has 29 heavy (non-hydrogen) atoms. The standard InChI is InChI=1S/C19H22N6O3S/c1-3-13(2)21-19-22-17(16-6-4-5-11-20-16)12-18(23-19)25-24-14-7-9-15(10-8-14)29(26,27)28/h4-13,24H,3H2,1-2H3,(H,26,27,28)(H2,21,22,23,25)/t13-/m1/s1. The zero-order chi connectivity index (χ0) is 20.9. The van der Waals surface area contributed by atoms with Crippen LogP contribution < -0.4 is 16.2 Å². The van der Waals surface area contributed by atoms with Crippen LogP contribution in [0.4, 0.5) is 17.5 Å². The van der Waals surface area contributed by atoms with Gasteiger partial charge >= 0.3 is 0 Å². The van der Waals surface area contributed by atoms with Crippen LogP contribution in [0.25, 0.3) is 11.4 Å². The van der Waals surface area contributed by atoms with Crippen LogP contribution in [-0.2, 0) is 10.1 Å². The molecule has 0 aliphatic heterocycles. The predicted octanol–water partition coefficient (Wildman–Crippen LogP) is 3.43. The van der Waals surface area contributed by atoms with Crippen LogP contribution in [0.3, 0.4) is 0 Å². The summed E-state index contributed by atoms with van der Waals surface area (Å²) in [7, 11) is -4.23. The predicted molar refractivity (Wildman–Crippen MR) is 112 cm³/mol. The maximum absolute atomic E-state index is 11.1. The maximum Gasteiger partial charge on any atom is 0.294 e. The van der Waals surface area contributed by atoms with Crippen molar-refractivity contribution in [1.82, 2.24) is 15.0 Å². The van der Waals surface area contributed by atoms with Gasteiger partial charge in [-0.05, 0) is 49.7 Å². The molecule has 2 heterocycles. The minimum atomic E-state index is -4.23. The fraction of sp³-hybridized carbons (Fsp3) is 0.211. The van der Waals surface area contributed by atoms with Crippen molar-refractivity contribution >= 4 is 27.6 Å². The van der Waals surface area contributed by atoms with Gasteiger partial charge in [0.2, 0.25) is 5.95 Å². The van der Waals surface area contributed by atoms with E-state index >= 15 is 0 Å². The van der Waals surface area contributed by atoms with Gasteiger partial charge < -0.3 is 5.32 Å². The van der Waals surface area contributed by atoms with E-state index in [1.165, 1.54) is 24.3 Å². The van der Waals surface area contributed by atoms with E-state index in [0.717, 1.165) is 6.42 Å². The highest BCUT2D eigenvalue weighted by Gasteiger charge is 2.11. The van der Waals surface area contributed by atoms with Gasteiger partial charge in [-0.25, -0.2) is 4.98 Å². The fourth-order valence-electron chi connectivity index (χ4n) is 2.39. The number of nitrogens with one attached hydrogen (secondary N) is 3. The molecule has 0 fully saturated rings. The van der Waals surface area contributed by atoms with Crippen LogP contribution >= 0.6 is 0 Å². The van der Waals surface area contributed by atoms with E-state index in [2.05, 4.69) is 38.0 Å². The van der Waals surface area contributed by atoms with Crippen LogP contribution in [0.2, 0.25) is 0 Å². The highest BCUT2D eigenvalue weighted by atomic mass is 32.2. The van der Waals surface area contributed by atoms with Crippen molar-refractivity contribution in [1.29, 1.82) is 0 Å². The monoisotopic (exact) mass is 414 g/mol. The van der Waals surface area contributed by atoms with Crippen molar-refractivity contribution in [2.24, 2.45) is 0 Å². The lowest BCUT2D eigenvalue weighted by Gasteiger charge is -2.15. The molecule has 3 rings (SSSR count). The van der Waals surface area contributed by atoms with E-state index in [1.807, 2.05) is 25.1 Å². The molecule has 0 unspecified atom stereocenters. The van der Waals surface area contributed by atoms with Gasteiger partial charge in [0.1, 0.15) is 0 Å². The van der Waals surface area contributed by atoms with Gasteiger partial charge in [-0.2, -0.15) is 13.4 Å². The summed E-state index contributed by atoms with van der Waals surface area (Å²) in [5.41, 5.74) is 7.88. The number of benzene rings is 1. The SMILES string of the molecule is CC[C@@H](C)Nc1nc(NNc2ccc(S(=O)(=O)O)cc2)cc(-c2ccccn2)n1. The van der Waals surface area contributed by atoms with Crippen LogP contribution in [0, 0.1) is 0 Å². The highest BCUT2D eigenvalue weighted by Crippen LogP contribution is 2.21. The van der Waals surface area contributed by atoms with Crippen molar-refractivity contribution in [3.8, 4) is 11.4 Å². The van der Waals surface area contributed by atoms with Crippen molar-refractivity contribution in [3.63, 3.8) is 0 Å². The lowest BCUT2D eigenvalue weighted by molar-refractivity contribution is 0.483. The lowest BCUT2D eigenvalue weighted by atomic mass is 10.2. The van der Waals surface area contributed by atoms with Gasteiger partial charge in [0.15, 0.2) is 5.82 Å². The average molecular weight is 414 g/mol. The average Bonchev–Trinajstić information content (AvgIpc) is 2.72. The second-order valence-corrected chi connectivity index (χ2v) is 7.80. The minimum Gasteiger partial charge on any atom is -0.352 e. The quantitative estimate of drug-likeness (QED) is 0.323. The van der Waals surface area contributed by atoms with Gasteiger partial charge in [-0.15, -0.1) is 0 Å². The van der Waals surface area contributed by atoms with Gasteiger partial charge in [0, 0.05) is 18.3 Å². The Kier molecular flexibility index (Phi) is 6.25. The normalized spacial score (nSPS) is 12.2. The lowest BCUT2D eigenvalue weighted by Crippen LogP contribution is -2.17. The Morgan fingerprint density at radius 3 is 2.41 bits per heavy atom. The zero-order valence-electron chi connectivity index (χ0n) is 16.0. The van der Waals surface area contributed by atoms with Crippen molar-refractivity contribution in [3.05, 3.63) is 54.7 Å². The molecule has 1 atom stereocenters. The minimum absolute atomic E-state index is 0.178. The summed E-state index contributed by atoms with van der Waals surface area (Å²) in [5.74, 6) is 0.971. The number of aromatic nitrogens is 3. The Bertz CT molecular complexity index is 1060. The third kappa shape index (κ3) is 5.62. The molecule has 0 aliphatic carbocycles. The topological polar surface area (TPSA) is 129 Å². The van der Waals surface area contributed by atoms with Gasteiger partial charge in [0.05, 0.1) is 22.0 Å². The summed E-state index contributed by atoms with van der Waals surface area (Å²) in [6, 6.07) is 13.2. The van der Waals surface area contributed by atoms with Crippen LogP contribution in [-0.4, -0.2) is 34.0 Å². The second-order valence-electron chi connectivity index (χ2n) is 6.38. The Morgan fingerprint density at radius 1 is 1.03 bits per heavy atom. The largest absolute Gasteiger partial charge is 0.352 e. The van der Waals surface area contributed by atoms with E-state index in [4.69, 9.17) is 4.55 Å². The molecule has 0 spiro atoms. The third-order valence-electron chi connectivity index (χ3n) is 4.13. The Balaban J connectivity index is 1.82. The first kappa shape index (κ1) is 20.5. The smallest absolute Gasteiger partial charge is 0.294 e. The molecule has 2 aromatic heterocycles. The molecule has 4 N–H and O–H groups in total. The van der Waals surface area contributed by atoms with E-state index in [9.17, 15) is 8.42 Å². The molecular formula is C19H22N6O3S. The van der Waals surface area contributed by atoms with Gasteiger partial charge in [-0.3, -0.25) is 20.4 Å². The summed E-state index contributed by atoms with van der Waals surface area (Å²) >= 11 is 0. The molecule has 0 aliphatic rings. The van der Waals surface area contributed by atoms with E-state index in [0.29, 0.717) is 28.8 Å². The molecule has 0 saturated carbocycles. The first-order valence-corrected chi connectivity index (χ1v) is 10.5. The van der Waals surface area contributed by atoms with E-state index in [-0.39, 0.29) is 10.9 Å². The third-order valence-corrected chi connectivity index (χ3v) is 5.00. The number of anilines is 3. The van der Waals surface area contributed by atoms with E-state index in [1.54, 1.807) is 12.3 Å². The van der Waals surface area contributed by atoms with Crippen LogP contribution in [0.1, 0.15) is 20.3 Å². The summed E-state index contributed by atoms with van der Waals surface area (Å²) in [6.07, 6.45) is 2.61. The van der Waals surface area contributed by atoms with Crippen molar-refractivity contribution in [2.75, 3.05) is 16.2 Å². The molecule has 0 saturated heterocycles. The number of nitrogens with zero attached hydrogens (tertiary/aromatic N) is 3. The van der Waals surface area contributed by atoms with Gasteiger partial charge in [-0.1, -0.05) is 13.0 Å². The summed E-state index contributed by atoms with van der Waals surface area (Å²) in [5, 5.41) is 3.25. The summed E-state index contributed by atoms with van der Waals surface area (Å²) in [6.45, 7) is 4.11. The number of hydrogen-bond acceptors (Lipinski definition) is 8. The Hall–Kier alpha value is -3.24. The highest BCUT2D eigenvalue weighted by molar-refractivity contribution is 7.85. The Labute approximate surface area is 169 Å². The zero-order valence-corrected chi connectivity index (χ0v) is 16.8. The first-order chi connectivity index (χ1) is 13.8. The molecule has 0 radical (unpaired) electrons. The van der Waals surface area contributed by atoms with Crippen LogP contribution in [0.15, 0.2) is 59.6 Å². The molecule has 0 bridgehead atoms. The Morgan fingerprint density at radius 2 is 1.79 bits per heavy atom. The van der Waals surface area contributed by atoms with Crippen molar-refractivity contribution in [2.45, 2.75) is 31.2 Å². The molecule has 9 nitrogen and oxygen atoms in total. The first-order valence-electron chi connectivity index (χ1n) is 9.02. The summed E-state index contributed by atoms with van der Waals surface area (Å²) < 4.78 is 31.3. The molecular weight excluding hydrogens is 392 g/mol. The molecule has 0 amide bonds. The molecule has 152 valence electrons. The molecule has 3 aromatic rings. The summed E-state index contributed by atoms with van der Waals surface area (Å²) in [4.78, 5) is 13.2. The second kappa shape index (κ2) is 8.84. The van der Waals surface area contributed by atoms with E-state index < -0.39 is 10.1 Å². The molecule has 10 heteroatoms. The van der Waals surface area contributed by atoms with Gasteiger partial charge in [0.25, 0.3) is 10.1 Å². The fourth-order valence-corrected chi connectivity index (χ4v) is 2.87. The van der Waals surface area contributed by atoms with Crippen molar-refractivity contribution < 1.29 is 13.0 Å². The number of rotatable bonds is 8. The number of hydrogen-bond donors (Lipinski definition) is 4. The number of hydrazine groups is 1.